The topological polar surface area (TPSA) is 42.4 Å². The second kappa shape index (κ2) is 5.79. The summed E-state index contributed by atoms with van der Waals surface area (Å²) in [6, 6.07) is 0.535. The first-order chi connectivity index (χ1) is 8.28. The lowest BCUT2D eigenvalue weighted by Crippen LogP contribution is -2.19. The molecule has 0 aliphatic heterocycles. The predicted octanol–water partition coefficient (Wildman–Crippen LogP) is 3.31. The summed E-state index contributed by atoms with van der Waals surface area (Å²) in [6.45, 7) is -0.800. The number of ether oxygens (including phenoxy) is 1. The van der Waals surface area contributed by atoms with E-state index in [4.69, 9.17) is 5.11 Å². The van der Waals surface area contributed by atoms with Crippen LogP contribution >= 0.6 is 15.9 Å². The molecule has 0 saturated heterocycles. The summed E-state index contributed by atoms with van der Waals surface area (Å²) in [4.78, 5) is 3.51. The number of aliphatic hydroxyl groups is 1. The van der Waals surface area contributed by atoms with Crippen LogP contribution in [0, 0.1) is 0 Å². The molecule has 0 aliphatic carbocycles. The number of aliphatic hydroxyl groups excluding tert-OH is 1. The summed E-state index contributed by atoms with van der Waals surface area (Å²) in [7, 11) is 0. The van der Waals surface area contributed by atoms with Crippen molar-refractivity contribution in [2.75, 3.05) is 0 Å². The molecular formula is C9H7BrF5NO2. The minimum Gasteiger partial charge on any atom is -0.404 e. The van der Waals surface area contributed by atoms with Gasteiger partial charge in [-0.1, -0.05) is 15.9 Å². The molecule has 1 aromatic rings. The van der Waals surface area contributed by atoms with Crippen LogP contribution in [-0.2, 0) is 11.9 Å². The lowest BCUT2D eigenvalue weighted by Gasteiger charge is -2.15. The van der Waals surface area contributed by atoms with Crippen LogP contribution < -0.4 is 4.74 Å². The Kier molecular flexibility index (Phi) is 4.85. The van der Waals surface area contributed by atoms with E-state index < -0.39 is 30.7 Å². The van der Waals surface area contributed by atoms with Gasteiger partial charge in [0.15, 0.2) is 5.75 Å². The van der Waals surface area contributed by atoms with Gasteiger partial charge in [-0.3, -0.25) is 4.98 Å². The van der Waals surface area contributed by atoms with Gasteiger partial charge in [-0.05, 0) is 6.07 Å². The highest BCUT2D eigenvalue weighted by atomic mass is 79.9. The number of pyridine rings is 1. The zero-order valence-electron chi connectivity index (χ0n) is 8.64. The fourth-order valence-electron chi connectivity index (χ4n) is 1.21. The van der Waals surface area contributed by atoms with Crippen LogP contribution in [0.15, 0.2) is 6.07 Å². The molecule has 0 unspecified atom stereocenters. The first-order valence-electron chi connectivity index (χ1n) is 4.52. The fraction of sp³-hybridized carbons (Fsp3) is 0.444. The third-order valence-corrected chi connectivity index (χ3v) is 2.44. The molecule has 0 bridgehead atoms. The highest BCUT2D eigenvalue weighted by Gasteiger charge is 2.33. The van der Waals surface area contributed by atoms with Crippen LogP contribution in [0.5, 0.6) is 5.75 Å². The molecule has 0 aromatic carbocycles. The maximum absolute atomic E-state index is 12.6. The molecule has 0 aliphatic rings. The summed E-state index contributed by atoms with van der Waals surface area (Å²) in [5.41, 5.74) is -1.39. The van der Waals surface area contributed by atoms with Crippen molar-refractivity contribution in [3.63, 3.8) is 0 Å². The number of nitrogens with zero attached hydrogens (tertiary/aromatic N) is 1. The van der Waals surface area contributed by atoms with Crippen molar-refractivity contribution in [2.24, 2.45) is 0 Å². The quantitative estimate of drug-likeness (QED) is 0.678. The molecule has 102 valence electrons. The lowest BCUT2D eigenvalue weighted by molar-refractivity contribution is -0.275. The maximum Gasteiger partial charge on any atom is 0.573 e. The summed E-state index contributed by atoms with van der Waals surface area (Å²) in [6.07, 6.45) is -8.06. The van der Waals surface area contributed by atoms with E-state index in [1.165, 1.54) is 0 Å². The Labute approximate surface area is 107 Å². The Morgan fingerprint density at radius 2 is 1.94 bits per heavy atom. The Balaban J connectivity index is 3.27. The van der Waals surface area contributed by atoms with Gasteiger partial charge < -0.3 is 9.84 Å². The van der Waals surface area contributed by atoms with Crippen molar-refractivity contribution in [2.45, 2.75) is 24.7 Å². The molecule has 1 N–H and O–H groups in total. The van der Waals surface area contributed by atoms with Crippen LogP contribution in [0.25, 0.3) is 0 Å². The number of hydrogen-bond acceptors (Lipinski definition) is 3. The first-order valence-corrected chi connectivity index (χ1v) is 5.64. The highest BCUT2D eigenvalue weighted by Crippen LogP contribution is 2.32. The second-order valence-corrected chi connectivity index (χ2v) is 3.67. The van der Waals surface area contributed by atoms with Gasteiger partial charge in [-0.15, -0.1) is 13.2 Å². The molecule has 3 nitrogen and oxygen atoms in total. The number of aromatic nitrogens is 1. The molecule has 0 saturated carbocycles. The molecule has 0 spiro atoms. The van der Waals surface area contributed by atoms with E-state index in [-0.39, 0.29) is 16.7 Å². The normalized spacial score (nSPS) is 12.0. The SMILES string of the molecule is OCc1nc(CBr)c(OC(F)(F)F)cc1C(F)F. The largest absolute Gasteiger partial charge is 0.573 e. The van der Waals surface area contributed by atoms with Crippen molar-refractivity contribution < 1.29 is 31.8 Å². The van der Waals surface area contributed by atoms with Gasteiger partial charge >= 0.3 is 6.36 Å². The van der Waals surface area contributed by atoms with Crippen LogP contribution in [0.2, 0.25) is 0 Å². The Morgan fingerprint density at radius 3 is 2.33 bits per heavy atom. The van der Waals surface area contributed by atoms with E-state index in [9.17, 15) is 22.0 Å². The molecule has 9 heteroatoms. The van der Waals surface area contributed by atoms with Gasteiger partial charge in [0.05, 0.1) is 18.0 Å². The summed E-state index contributed by atoms with van der Waals surface area (Å²) >= 11 is 2.86. The van der Waals surface area contributed by atoms with Crippen molar-refractivity contribution >= 4 is 15.9 Å². The van der Waals surface area contributed by atoms with Crippen LogP contribution in [0.1, 0.15) is 23.4 Å². The molecule has 18 heavy (non-hydrogen) atoms. The Hall–Kier alpha value is -0.960. The minimum absolute atomic E-state index is 0.130. The van der Waals surface area contributed by atoms with Gasteiger partial charge in [0.25, 0.3) is 6.43 Å². The number of rotatable bonds is 4. The van der Waals surface area contributed by atoms with Gasteiger partial charge in [0, 0.05) is 10.9 Å². The average molecular weight is 336 g/mol. The third kappa shape index (κ3) is 3.77. The standard InChI is InChI=1S/C9H7BrF5NO2/c10-2-5-7(18-9(13,14)15)1-4(8(11)12)6(3-17)16-5/h1,8,17H,2-3H2. The van der Waals surface area contributed by atoms with E-state index in [1.807, 2.05) is 0 Å². The van der Waals surface area contributed by atoms with Gasteiger partial charge in [0.1, 0.15) is 0 Å². The van der Waals surface area contributed by atoms with Gasteiger partial charge in [0.2, 0.25) is 0 Å². The predicted molar refractivity (Wildman–Crippen MR) is 54.4 cm³/mol. The first kappa shape index (κ1) is 15.1. The Morgan fingerprint density at radius 1 is 1.33 bits per heavy atom. The Bertz CT molecular complexity index is 424. The molecule has 0 atom stereocenters. The lowest BCUT2D eigenvalue weighted by atomic mass is 10.1. The minimum atomic E-state index is -5.00. The van der Waals surface area contributed by atoms with Crippen molar-refractivity contribution in [1.29, 1.82) is 0 Å². The number of alkyl halides is 6. The second-order valence-electron chi connectivity index (χ2n) is 3.11. The molecule has 0 radical (unpaired) electrons. The van der Waals surface area contributed by atoms with E-state index in [0.717, 1.165) is 0 Å². The number of halogens is 6. The van der Waals surface area contributed by atoms with Crippen molar-refractivity contribution in [3.05, 3.63) is 23.0 Å². The van der Waals surface area contributed by atoms with Crippen molar-refractivity contribution in [1.82, 2.24) is 4.98 Å². The molecule has 1 aromatic heterocycles. The fourth-order valence-corrected chi connectivity index (χ4v) is 1.62. The van der Waals surface area contributed by atoms with Crippen LogP contribution in [-0.4, -0.2) is 16.5 Å². The van der Waals surface area contributed by atoms with E-state index in [0.29, 0.717) is 6.07 Å². The maximum atomic E-state index is 12.6. The summed E-state index contributed by atoms with van der Waals surface area (Å²) < 4.78 is 64.9. The molecular weight excluding hydrogens is 329 g/mol. The molecule has 0 amide bonds. The molecule has 0 fully saturated rings. The summed E-state index contributed by atoms with van der Waals surface area (Å²) in [5, 5.41) is 8.71. The van der Waals surface area contributed by atoms with E-state index in [1.54, 1.807) is 0 Å². The smallest absolute Gasteiger partial charge is 0.404 e. The van der Waals surface area contributed by atoms with Crippen LogP contribution in [0.4, 0.5) is 22.0 Å². The van der Waals surface area contributed by atoms with Gasteiger partial charge in [-0.2, -0.15) is 0 Å². The number of hydrogen-bond donors (Lipinski definition) is 1. The average Bonchev–Trinajstić information content (AvgIpc) is 2.26. The van der Waals surface area contributed by atoms with Crippen molar-refractivity contribution in [3.8, 4) is 5.75 Å². The third-order valence-electron chi connectivity index (χ3n) is 1.91. The van der Waals surface area contributed by atoms with Crippen LogP contribution in [0.3, 0.4) is 0 Å². The monoisotopic (exact) mass is 335 g/mol. The summed E-state index contributed by atoms with van der Waals surface area (Å²) in [5.74, 6) is -0.813. The molecule has 1 heterocycles. The molecule has 1 rings (SSSR count). The zero-order valence-corrected chi connectivity index (χ0v) is 10.2. The van der Waals surface area contributed by atoms with E-state index >= 15 is 0 Å². The van der Waals surface area contributed by atoms with Gasteiger partial charge in [-0.25, -0.2) is 8.78 Å². The highest BCUT2D eigenvalue weighted by molar-refractivity contribution is 9.08. The van der Waals surface area contributed by atoms with E-state index in [2.05, 4.69) is 25.7 Å². The zero-order chi connectivity index (χ0) is 13.9.